The number of nitro groups is 1. The third kappa shape index (κ3) is 8.95. The second kappa shape index (κ2) is 15.4. The number of nitrogens with one attached hydrogen (secondary N) is 2. The fourth-order valence-electron chi connectivity index (χ4n) is 4.63. The van der Waals surface area contributed by atoms with Crippen molar-refractivity contribution in [2.45, 2.75) is 13.3 Å². The van der Waals surface area contributed by atoms with Crippen molar-refractivity contribution in [3.63, 3.8) is 0 Å². The zero-order valence-corrected chi connectivity index (χ0v) is 25.2. The number of amides is 1. The number of carbonyl (C=O) groups is 1. The summed E-state index contributed by atoms with van der Waals surface area (Å²) in [6.07, 6.45) is 0.617. The molecule has 1 saturated heterocycles. The first-order valence-electron chi connectivity index (χ1n) is 13.9. The van der Waals surface area contributed by atoms with Gasteiger partial charge in [0.15, 0.2) is 11.7 Å². The Kier molecular flexibility index (Phi) is 11.4. The highest BCUT2D eigenvalue weighted by Crippen LogP contribution is 2.32. The van der Waals surface area contributed by atoms with Gasteiger partial charge in [-0.25, -0.2) is 4.39 Å². The Hall–Kier alpha value is -4.09. The molecule has 1 aliphatic heterocycles. The third-order valence-corrected chi connectivity index (χ3v) is 7.43. The van der Waals surface area contributed by atoms with Gasteiger partial charge in [0.2, 0.25) is 0 Å². The Bertz CT molecular complexity index is 1450. The molecule has 3 aromatic rings. The molecule has 3 aromatic carbocycles. The van der Waals surface area contributed by atoms with E-state index in [4.69, 9.17) is 32.9 Å². The minimum atomic E-state index is -0.444. The van der Waals surface area contributed by atoms with Crippen LogP contribution in [0.25, 0.3) is 0 Å². The molecule has 1 aliphatic rings. The number of hydrogen-bond donors (Lipinski definition) is 2. The maximum atomic E-state index is 13.2. The maximum Gasteiger partial charge on any atom is 0.311 e. The van der Waals surface area contributed by atoms with Crippen LogP contribution in [0.1, 0.15) is 22.8 Å². The Morgan fingerprint density at radius 3 is 2.42 bits per heavy atom. The number of carbonyl (C=O) groups excluding carboxylic acids is 1. The van der Waals surface area contributed by atoms with Gasteiger partial charge in [-0.2, -0.15) is 0 Å². The van der Waals surface area contributed by atoms with Crippen molar-refractivity contribution >= 4 is 46.4 Å². The lowest BCUT2D eigenvalue weighted by Crippen LogP contribution is -2.53. The molecular formula is C30H33Cl2FN6O4. The summed E-state index contributed by atoms with van der Waals surface area (Å²) in [5.41, 5.74) is 2.11. The van der Waals surface area contributed by atoms with Crippen LogP contribution in [0.5, 0.6) is 5.75 Å². The summed E-state index contributed by atoms with van der Waals surface area (Å²) in [6, 6.07) is 15.7. The van der Waals surface area contributed by atoms with Gasteiger partial charge in [-0.3, -0.25) is 19.9 Å². The first kappa shape index (κ1) is 31.8. The van der Waals surface area contributed by atoms with E-state index in [1.54, 1.807) is 31.2 Å². The van der Waals surface area contributed by atoms with E-state index in [-0.39, 0.29) is 17.3 Å². The predicted molar refractivity (Wildman–Crippen MR) is 167 cm³/mol. The average Bonchev–Trinajstić information content (AvgIpc) is 2.99. The zero-order valence-electron chi connectivity index (χ0n) is 23.7. The number of piperazine rings is 1. The lowest BCUT2D eigenvalue weighted by molar-refractivity contribution is -0.385. The molecule has 0 atom stereocenters. The van der Waals surface area contributed by atoms with Crippen molar-refractivity contribution in [2.75, 3.05) is 57.3 Å². The van der Waals surface area contributed by atoms with Crippen molar-refractivity contribution in [1.29, 1.82) is 0 Å². The highest BCUT2D eigenvalue weighted by Gasteiger charge is 2.23. The lowest BCUT2D eigenvalue weighted by Gasteiger charge is -2.38. The summed E-state index contributed by atoms with van der Waals surface area (Å²) in [7, 11) is 0. The Morgan fingerprint density at radius 1 is 1.02 bits per heavy atom. The Balaban J connectivity index is 1.39. The van der Waals surface area contributed by atoms with Gasteiger partial charge in [-0.05, 0) is 61.4 Å². The summed E-state index contributed by atoms with van der Waals surface area (Å²) in [5, 5.41) is 18.7. The van der Waals surface area contributed by atoms with E-state index in [1.807, 2.05) is 6.07 Å². The molecule has 0 spiro atoms. The quantitative estimate of drug-likeness (QED) is 0.0987. The number of guanidine groups is 1. The van der Waals surface area contributed by atoms with E-state index >= 15 is 0 Å². The highest BCUT2D eigenvalue weighted by molar-refractivity contribution is 6.35. The van der Waals surface area contributed by atoms with Crippen LogP contribution in [0.2, 0.25) is 10.0 Å². The van der Waals surface area contributed by atoms with E-state index in [1.165, 1.54) is 30.3 Å². The molecule has 0 aromatic heterocycles. The molecule has 1 amide bonds. The highest BCUT2D eigenvalue weighted by atomic mass is 35.5. The van der Waals surface area contributed by atoms with Crippen LogP contribution in [0.15, 0.2) is 65.7 Å². The van der Waals surface area contributed by atoms with Crippen molar-refractivity contribution in [1.82, 2.24) is 15.5 Å². The molecule has 2 N–H and O–H groups in total. The first-order valence-corrected chi connectivity index (χ1v) is 14.7. The van der Waals surface area contributed by atoms with E-state index < -0.39 is 10.7 Å². The predicted octanol–water partition coefficient (Wildman–Crippen LogP) is 5.18. The number of benzene rings is 3. The van der Waals surface area contributed by atoms with Gasteiger partial charge in [0.1, 0.15) is 5.82 Å². The molecule has 10 nitrogen and oxygen atoms in total. The fraction of sp³-hybridized carbons (Fsp3) is 0.333. The number of nitrogens with zero attached hydrogens (tertiary/aromatic N) is 4. The van der Waals surface area contributed by atoms with Crippen molar-refractivity contribution in [2.24, 2.45) is 4.99 Å². The maximum absolute atomic E-state index is 13.2. The van der Waals surface area contributed by atoms with E-state index in [0.717, 1.165) is 11.3 Å². The molecule has 0 unspecified atom stereocenters. The molecule has 0 radical (unpaired) electrons. The van der Waals surface area contributed by atoms with Gasteiger partial charge >= 0.3 is 5.69 Å². The Morgan fingerprint density at radius 2 is 1.74 bits per heavy atom. The van der Waals surface area contributed by atoms with E-state index in [0.29, 0.717) is 80.4 Å². The standard InChI is InChI=1S/C30H33Cl2FN6O4/c1-2-43-28-20-25(9-10-27(28)39(41)42)37-15-17-38(18-16-37)30(35-12-11-21-3-6-23(31)19-26(21)32)36-14-13-34-29(40)22-4-7-24(33)8-5-22/h3-10,19-20H,2,11-18H2,1H3,(H,34,40)(H,35,36). The summed E-state index contributed by atoms with van der Waals surface area (Å²) < 4.78 is 18.7. The summed E-state index contributed by atoms with van der Waals surface area (Å²) in [6.45, 7) is 5.98. The van der Waals surface area contributed by atoms with Gasteiger partial charge in [0.25, 0.3) is 5.91 Å². The second-order valence-corrected chi connectivity index (χ2v) is 10.5. The lowest BCUT2D eigenvalue weighted by atomic mass is 10.1. The van der Waals surface area contributed by atoms with Crippen molar-refractivity contribution < 1.29 is 18.8 Å². The van der Waals surface area contributed by atoms with Gasteiger partial charge in [-0.1, -0.05) is 29.3 Å². The fourth-order valence-corrected chi connectivity index (χ4v) is 5.13. The molecule has 228 valence electrons. The molecule has 1 fully saturated rings. The van der Waals surface area contributed by atoms with Crippen molar-refractivity contribution in [3.8, 4) is 5.75 Å². The number of rotatable bonds is 11. The molecule has 4 rings (SSSR count). The smallest absolute Gasteiger partial charge is 0.311 e. The molecular weight excluding hydrogens is 598 g/mol. The number of anilines is 1. The minimum Gasteiger partial charge on any atom is -0.487 e. The van der Waals surface area contributed by atoms with Gasteiger partial charge in [-0.15, -0.1) is 0 Å². The zero-order chi connectivity index (χ0) is 30.8. The molecule has 0 aliphatic carbocycles. The van der Waals surface area contributed by atoms with Crippen LogP contribution in [0, 0.1) is 15.9 Å². The monoisotopic (exact) mass is 630 g/mol. The Labute approximate surface area is 259 Å². The molecule has 0 bridgehead atoms. The SMILES string of the molecule is CCOc1cc(N2CCN(C(=NCCc3ccc(Cl)cc3Cl)NCCNC(=O)c3ccc(F)cc3)CC2)ccc1[N+](=O)[O-]. The van der Waals surface area contributed by atoms with Crippen LogP contribution in [-0.2, 0) is 6.42 Å². The van der Waals surface area contributed by atoms with Crippen LogP contribution in [0.4, 0.5) is 15.8 Å². The van der Waals surface area contributed by atoms with Crippen LogP contribution in [-0.4, -0.2) is 74.1 Å². The number of aliphatic imine (C=N–C) groups is 1. The number of ether oxygens (including phenoxy) is 1. The minimum absolute atomic E-state index is 0.0600. The van der Waals surface area contributed by atoms with Crippen LogP contribution >= 0.6 is 23.2 Å². The largest absolute Gasteiger partial charge is 0.487 e. The van der Waals surface area contributed by atoms with E-state index in [2.05, 4.69) is 20.4 Å². The van der Waals surface area contributed by atoms with Crippen LogP contribution in [0.3, 0.4) is 0 Å². The molecule has 43 heavy (non-hydrogen) atoms. The first-order chi connectivity index (χ1) is 20.7. The normalized spacial score (nSPS) is 13.5. The summed E-state index contributed by atoms with van der Waals surface area (Å²) in [5.74, 6) is 0.252. The van der Waals surface area contributed by atoms with Gasteiger partial charge in [0.05, 0.1) is 11.5 Å². The number of halogens is 3. The molecule has 0 saturated carbocycles. The molecule has 1 heterocycles. The second-order valence-electron chi connectivity index (χ2n) is 9.70. The summed E-state index contributed by atoms with van der Waals surface area (Å²) >= 11 is 12.4. The van der Waals surface area contributed by atoms with Gasteiger partial charge in [0, 0.05) is 79.2 Å². The molecule has 13 heteroatoms. The number of hydrogen-bond acceptors (Lipinski definition) is 6. The van der Waals surface area contributed by atoms with Gasteiger partial charge < -0.3 is 25.2 Å². The average molecular weight is 632 g/mol. The van der Waals surface area contributed by atoms with E-state index in [9.17, 15) is 19.3 Å². The number of nitro benzene ring substituents is 1. The summed E-state index contributed by atoms with van der Waals surface area (Å²) in [4.78, 5) is 32.5. The van der Waals surface area contributed by atoms with Crippen LogP contribution < -0.4 is 20.3 Å². The topological polar surface area (TPSA) is 112 Å². The van der Waals surface area contributed by atoms with Crippen molar-refractivity contribution in [3.05, 3.63) is 97.8 Å². The third-order valence-electron chi connectivity index (χ3n) is 6.84.